The summed E-state index contributed by atoms with van der Waals surface area (Å²) >= 11 is 1.44. The summed E-state index contributed by atoms with van der Waals surface area (Å²) < 4.78 is 1.77. The molecule has 0 saturated carbocycles. The van der Waals surface area contributed by atoms with E-state index in [-0.39, 0.29) is 5.41 Å². The maximum absolute atomic E-state index is 5.93. The molecule has 3 aromatic heterocycles. The number of anilines is 1. The molecular weight excluding hydrogens is 260 g/mol. The number of rotatable bonds is 1. The van der Waals surface area contributed by atoms with Crippen LogP contribution in [0.15, 0.2) is 18.3 Å². The van der Waals surface area contributed by atoms with Gasteiger partial charge in [-0.05, 0) is 12.1 Å². The highest BCUT2D eigenvalue weighted by Crippen LogP contribution is 2.29. The fourth-order valence-corrected chi connectivity index (χ4v) is 2.63. The smallest absolute Gasteiger partial charge is 0.235 e. The Balaban J connectivity index is 2.18. The van der Waals surface area contributed by atoms with E-state index in [0.717, 1.165) is 15.8 Å². The average Bonchev–Trinajstić information content (AvgIpc) is 2.86. The van der Waals surface area contributed by atoms with Crippen molar-refractivity contribution in [3.63, 3.8) is 0 Å². The Kier molecular flexibility index (Phi) is 2.53. The third kappa shape index (κ3) is 1.95. The largest absolute Gasteiger partial charge is 0.397 e. The number of nitrogens with two attached hydrogens (primary N) is 1. The predicted molar refractivity (Wildman–Crippen MR) is 75.0 cm³/mol. The van der Waals surface area contributed by atoms with E-state index in [9.17, 15) is 0 Å². The fraction of sp³-hybridized carbons (Fsp3) is 0.333. The minimum atomic E-state index is -0.111. The molecule has 0 atom stereocenters. The molecule has 0 bridgehead atoms. The van der Waals surface area contributed by atoms with Crippen molar-refractivity contribution in [1.82, 2.24) is 24.8 Å². The second-order valence-electron chi connectivity index (χ2n) is 5.32. The quantitative estimate of drug-likeness (QED) is 0.735. The molecule has 0 saturated heterocycles. The molecule has 0 radical (unpaired) electrons. The van der Waals surface area contributed by atoms with Crippen LogP contribution in [-0.2, 0) is 5.41 Å². The van der Waals surface area contributed by atoms with Gasteiger partial charge in [-0.15, -0.1) is 10.2 Å². The molecule has 0 aromatic carbocycles. The third-order valence-corrected chi connectivity index (χ3v) is 3.61. The molecule has 0 unspecified atom stereocenters. The Morgan fingerprint density at radius 1 is 1.26 bits per heavy atom. The van der Waals surface area contributed by atoms with Crippen molar-refractivity contribution in [2.24, 2.45) is 0 Å². The Morgan fingerprint density at radius 3 is 2.74 bits per heavy atom. The molecule has 0 aliphatic rings. The van der Waals surface area contributed by atoms with Crippen molar-refractivity contribution in [2.75, 3.05) is 5.73 Å². The van der Waals surface area contributed by atoms with Gasteiger partial charge in [0.25, 0.3) is 0 Å². The Morgan fingerprint density at radius 2 is 2.05 bits per heavy atom. The van der Waals surface area contributed by atoms with Gasteiger partial charge in [-0.1, -0.05) is 32.1 Å². The van der Waals surface area contributed by atoms with Crippen LogP contribution in [0.4, 0.5) is 5.69 Å². The van der Waals surface area contributed by atoms with Gasteiger partial charge in [-0.2, -0.15) is 9.61 Å². The molecule has 6 nitrogen and oxygen atoms in total. The summed E-state index contributed by atoms with van der Waals surface area (Å²) in [5.41, 5.74) is 7.12. The van der Waals surface area contributed by atoms with Gasteiger partial charge in [-0.25, -0.2) is 0 Å². The first-order valence-electron chi connectivity index (χ1n) is 5.90. The summed E-state index contributed by atoms with van der Waals surface area (Å²) in [5, 5.41) is 13.7. The summed E-state index contributed by atoms with van der Waals surface area (Å²) in [5.74, 6) is 0.833. The van der Waals surface area contributed by atoms with Crippen molar-refractivity contribution >= 4 is 22.0 Å². The van der Waals surface area contributed by atoms with E-state index in [1.807, 2.05) is 6.07 Å². The zero-order chi connectivity index (χ0) is 13.6. The van der Waals surface area contributed by atoms with E-state index < -0.39 is 0 Å². The fourth-order valence-electron chi connectivity index (χ4n) is 1.78. The van der Waals surface area contributed by atoms with Gasteiger partial charge in [-0.3, -0.25) is 4.98 Å². The van der Waals surface area contributed by atoms with E-state index in [2.05, 4.69) is 41.1 Å². The first kappa shape index (κ1) is 12.0. The Labute approximate surface area is 114 Å². The lowest BCUT2D eigenvalue weighted by atomic mass is 9.96. The summed E-state index contributed by atoms with van der Waals surface area (Å²) in [6.45, 7) is 6.24. The Bertz CT molecular complexity index is 736. The minimum Gasteiger partial charge on any atom is -0.397 e. The highest BCUT2D eigenvalue weighted by atomic mass is 32.1. The molecule has 0 spiro atoms. The van der Waals surface area contributed by atoms with Crippen LogP contribution in [0, 0.1) is 0 Å². The van der Waals surface area contributed by atoms with Crippen LogP contribution < -0.4 is 5.73 Å². The van der Waals surface area contributed by atoms with Crippen molar-refractivity contribution in [2.45, 2.75) is 26.2 Å². The molecule has 2 N–H and O–H groups in total. The second kappa shape index (κ2) is 3.99. The van der Waals surface area contributed by atoms with E-state index in [0.29, 0.717) is 11.4 Å². The van der Waals surface area contributed by atoms with Gasteiger partial charge in [0, 0.05) is 11.6 Å². The minimum absolute atomic E-state index is 0.111. The number of aromatic nitrogens is 5. The molecule has 98 valence electrons. The van der Waals surface area contributed by atoms with Crippen molar-refractivity contribution in [1.29, 1.82) is 0 Å². The van der Waals surface area contributed by atoms with Gasteiger partial charge >= 0.3 is 0 Å². The second-order valence-corrected chi connectivity index (χ2v) is 6.27. The number of nitrogens with zero attached hydrogens (tertiary/aromatic N) is 5. The highest BCUT2D eigenvalue weighted by molar-refractivity contribution is 7.19. The molecule has 0 aliphatic carbocycles. The van der Waals surface area contributed by atoms with Crippen LogP contribution in [-0.4, -0.2) is 24.8 Å². The SMILES string of the molecule is CC(C)(C)c1nnc2sc(-c3ncccc3N)nn12. The normalized spacial score (nSPS) is 12.2. The van der Waals surface area contributed by atoms with Crippen LogP contribution in [0.5, 0.6) is 0 Å². The van der Waals surface area contributed by atoms with Gasteiger partial charge in [0.05, 0.1) is 5.69 Å². The molecule has 0 amide bonds. The average molecular weight is 274 g/mol. The summed E-state index contributed by atoms with van der Waals surface area (Å²) in [4.78, 5) is 5.03. The predicted octanol–water partition coefficient (Wildman–Crippen LogP) is 2.13. The van der Waals surface area contributed by atoms with E-state index >= 15 is 0 Å². The molecule has 7 heteroatoms. The lowest BCUT2D eigenvalue weighted by Crippen LogP contribution is -2.16. The Hall–Kier alpha value is -2.02. The van der Waals surface area contributed by atoms with E-state index in [1.54, 1.807) is 16.8 Å². The molecule has 19 heavy (non-hydrogen) atoms. The molecule has 0 aliphatic heterocycles. The number of nitrogen functional groups attached to an aromatic ring is 1. The standard InChI is InChI=1S/C12H14N6S/c1-12(2,3)10-15-16-11-18(10)17-9(19-11)8-7(13)5-4-6-14-8/h4-6H,13H2,1-3H3. The van der Waals surface area contributed by atoms with Gasteiger partial charge < -0.3 is 5.73 Å². The number of pyridine rings is 1. The molecule has 0 fully saturated rings. The lowest BCUT2D eigenvalue weighted by molar-refractivity contribution is 0.528. The molecule has 3 rings (SSSR count). The first-order valence-corrected chi connectivity index (χ1v) is 6.72. The number of hydrogen-bond acceptors (Lipinski definition) is 6. The molecule has 3 aromatic rings. The number of hydrogen-bond donors (Lipinski definition) is 1. The highest BCUT2D eigenvalue weighted by Gasteiger charge is 2.24. The monoisotopic (exact) mass is 274 g/mol. The summed E-state index contributed by atoms with van der Waals surface area (Å²) in [6, 6.07) is 3.62. The molecule has 3 heterocycles. The zero-order valence-electron chi connectivity index (χ0n) is 11.0. The van der Waals surface area contributed by atoms with Crippen molar-refractivity contribution in [3.8, 4) is 10.7 Å². The van der Waals surface area contributed by atoms with Gasteiger partial charge in [0.1, 0.15) is 5.69 Å². The van der Waals surface area contributed by atoms with Crippen molar-refractivity contribution in [3.05, 3.63) is 24.2 Å². The zero-order valence-corrected chi connectivity index (χ0v) is 11.8. The summed E-state index contributed by atoms with van der Waals surface area (Å²) in [7, 11) is 0. The van der Waals surface area contributed by atoms with Gasteiger partial charge in [0.2, 0.25) is 4.96 Å². The summed E-state index contributed by atoms with van der Waals surface area (Å²) in [6.07, 6.45) is 1.71. The maximum Gasteiger partial charge on any atom is 0.235 e. The van der Waals surface area contributed by atoms with E-state index in [1.165, 1.54) is 11.3 Å². The first-order chi connectivity index (χ1) is 8.97. The van der Waals surface area contributed by atoms with Crippen LogP contribution in [0.1, 0.15) is 26.6 Å². The van der Waals surface area contributed by atoms with Crippen LogP contribution in [0.3, 0.4) is 0 Å². The molecular formula is C12H14N6S. The topological polar surface area (TPSA) is 82.0 Å². The maximum atomic E-state index is 5.93. The van der Waals surface area contributed by atoms with Crippen LogP contribution in [0.2, 0.25) is 0 Å². The van der Waals surface area contributed by atoms with Crippen LogP contribution >= 0.6 is 11.3 Å². The van der Waals surface area contributed by atoms with Gasteiger partial charge in [0.15, 0.2) is 10.8 Å². The third-order valence-electron chi connectivity index (χ3n) is 2.70. The lowest BCUT2D eigenvalue weighted by Gasteiger charge is -2.13. The van der Waals surface area contributed by atoms with E-state index in [4.69, 9.17) is 5.73 Å². The van der Waals surface area contributed by atoms with Crippen LogP contribution in [0.25, 0.3) is 15.7 Å². The number of fused-ring (bicyclic) bond motifs is 1. The van der Waals surface area contributed by atoms with Crippen molar-refractivity contribution < 1.29 is 0 Å².